The maximum Gasteiger partial charge on any atom is 0.338 e. The van der Waals surface area contributed by atoms with E-state index in [1.807, 2.05) is 38.1 Å². The van der Waals surface area contributed by atoms with Crippen LogP contribution in [0, 0.1) is 0 Å². The second kappa shape index (κ2) is 14.5. The molecular weight excluding hydrogens is 715 g/mol. The van der Waals surface area contributed by atoms with Crippen molar-refractivity contribution in [3.63, 3.8) is 0 Å². The lowest BCUT2D eigenvalue weighted by atomic mass is 9.95. The third-order valence-electron chi connectivity index (χ3n) is 7.04. The van der Waals surface area contributed by atoms with Crippen LogP contribution in [0.5, 0.6) is 17.2 Å². The highest BCUT2D eigenvalue weighted by molar-refractivity contribution is 9.10. The second-order valence-electron chi connectivity index (χ2n) is 10.6. The molecule has 4 aromatic rings. The van der Waals surface area contributed by atoms with Crippen LogP contribution in [-0.4, -0.2) is 30.4 Å². The van der Waals surface area contributed by atoms with Crippen molar-refractivity contribution in [3.8, 4) is 17.2 Å². The van der Waals surface area contributed by atoms with Gasteiger partial charge >= 0.3 is 5.97 Å². The van der Waals surface area contributed by atoms with Crippen LogP contribution >= 0.6 is 50.5 Å². The lowest BCUT2D eigenvalue weighted by Crippen LogP contribution is -2.40. The summed E-state index contributed by atoms with van der Waals surface area (Å²) < 4.78 is 25.9. The molecule has 46 heavy (non-hydrogen) atoms. The Labute approximate surface area is 288 Å². The fourth-order valence-corrected chi connectivity index (χ4v) is 6.89. The molecule has 12 heteroatoms. The number of fused-ring (bicyclic) bond motifs is 1. The fraction of sp³-hybridized carbons (Fsp3) is 0.265. The largest absolute Gasteiger partial charge is 0.493 e. The maximum absolute atomic E-state index is 14.2. The van der Waals surface area contributed by atoms with Crippen LogP contribution < -0.4 is 29.1 Å². The minimum absolute atomic E-state index is 0.0790. The van der Waals surface area contributed by atoms with E-state index in [1.165, 1.54) is 15.9 Å². The lowest BCUT2D eigenvalue weighted by molar-refractivity contribution is -0.139. The van der Waals surface area contributed by atoms with E-state index in [-0.39, 0.29) is 30.5 Å². The van der Waals surface area contributed by atoms with Gasteiger partial charge in [0.2, 0.25) is 0 Å². The Morgan fingerprint density at radius 3 is 2.54 bits per heavy atom. The molecule has 8 nitrogen and oxygen atoms in total. The van der Waals surface area contributed by atoms with Crippen LogP contribution in [0.2, 0.25) is 10.0 Å². The van der Waals surface area contributed by atoms with Crippen LogP contribution in [-0.2, 0) is 16.1 Å². The summed E-state index contributed by atoms with van der Waals surface area (Å²) in [6.07, 6.45) is 1.68. The number of thiazole rings is 1. The number of hydrogen-bond donors (Lipinski definition) is 0. The van der Waals surface area contributed by atoms with Crippen LogP contribution in [0.4, 0.5) is 0 Å². The molecule has 0 spiro atoms. The standard InChI is InChI=1S/C34H31BrCl2N2O6S/c1-6-43-33(41)30-19(4)38-34-39(31(30)20-8-11-27(45-18(2)3)28(14-20)42-5)32(40)29(46-34)15-22-13-23(35)9-12-26(22)44-17-21-7-10-24(36)16-25(21)37/h7-16,18,31H,6,17H2,1-5H3/b29-15-/t31-/m0/s1. The van der Waals surface area contributed by atoms with Gasteiger partial charge in [-0.2, -0.15) is 0 Å². The molecule has 0 saturated heterocycles. The van der Waals surface area contributed by atoms with Crippen LogP contribution in [0.3, 0.4) is 0 Å². The highest BCUT2D eigenvalue weighted by Gasteiger charge is 2.34. The summed E-state index contributed by atoms with van der Waals surface area (Å²) in [5.74, 6) is 1.02. The molecule has 1 aliphatic heterocycles. The van der Waals surface area contributed by atoms with Crippen LogP contribution in [0.15, 0.2) is 80.1 Å². The Morgan fingerprint density at radius 2 is 1.85 bits per heavy atom. The molecule has 5 rings (SSSR count). The van der Waals surface area contributed by atoms with Gasteiger partial charge in [0.15, 0.2) is 16.3 Å². The summed E-state index contributed by atoms with van der Waals surface area (Å²) in [5, 5.41) is 1.03. The van der Waals surface area contributed by atoms with Gasteiger partial charge in [-0.05, 0) is 81.8 Å². The van der Waals surface area contributed by atoms with Gasteiger partial charge in [0, 0.05) is 25.6 Å². The van der Waals surface area contributed by atoms with Gasteiger partial charge in [-0.25, -0.2) is 9.79 Å². The third-order valence-corrected chi connectivity index (χ3v) is 9.10. The predicted molar refractivity (Wildman–Crippen MR) is 184 cm³/mol. The normalized spacial score (nSPS) is 14.6. The number of aromatic nitrogens is 1. The zero-order valence-electron chi connectivity index (χ0n) is 25.7. The fourth-order valence-electron chi connectivity index (χ4n) is 5.01. The minimum atomic E-state index is -0.815. The second-order valence-corrected chi connectivity index (χ2v) is 13.4. The Bertz CT molecular complexity index is 2020. The number of nitrogens with zero attached hydrogens (tertiary/aromatic N) is 2. The number of hydrogen-bond acceptors (Lipinski definition) is 8. The van der Waals surface area contributed by atoms with E-state index in [0.717, 1.165) is 10.0 Å². The number of halogens is 3. The van der Waals surface area contributed by atoms with E-state index >= 15 is 0 Å². The van der Waals surface area contributed by atoms with E-state index in [4.69, 9.17) is 42.1 Å². The molecule has 3 aromatic carbocycles. The quantitative estimate of drug-likeness (QED) is 0.159. The molecule has 1 aromatic heterocycles. The molecule has 0 bridgehead atoms. The molecule has 0 radical (unpaired) electrons. The first-order chi connectivity index (χ1) is 22.0. The first-order valence-electron chi connectivity index (χ1n) is 14.4. The van der Waals surface area contributed by atoms with Crippen molar-refractivity contribution >= 4 is 62.5 Å². The first-order valence-corrected chi connectivity index (χ1v) is 16.8. The number of rotatable bonds is 10. The third kappa shape index (κ3) is 7.20. The van der Waals surface area contributed by atoms with Gasteiger partial charge in [-0.1, -0.05) is 62.6 Å². The molecular formula is C34H31BrCl2N2O6S. The van der Waals surface area contributed by atoms with Crippen molar-refractivity contribution < 1.29 is 23.7 Å². The Kier molecular flexibility index (Phi) is 10.6. The van der Waals surface area contributed by atoms with E-state index < -0.39 is 12.0 Å². The number of carbonyl (C=O) groups excluding carboxylic acids is 1. The van der Waals surface area contributed by atoms with E-state index in [2.05, 4.69) is 20.9 Å². The van der Waals surface area contributed by atoms with Crippen molar-refractivity contribution in [3.05, 3.63) is 117 Å². The molecule has 240 valence electrons. The summed E-state index contributed by atoms with van der Waals surface area (Å²) in [5.41, 5.74) is 2.48. The summed E-state index contributed by atoms with van der Waals surface area (Å²) >= 11 is 17.2. The minimum Gasteiger partial charge on any atom is -0.493 e. The zero-order valence-corrected chi connectivity index (χ0v) is 29.6. The Balaban J connectivity index is 1.63. The van der Waals surface area contributed by atoms with Crippen molar-refractivity contribution in [1.82, 2.24) is 4.57 Å². The molecule has 2 heterocycles. The van der Waals surface area contributed by atoms with Crippen molar-refractivity contribution in [2.24, 2.45) is 4.99 Å². The van der Waals surface area contributed by atoms with Gasteiger partial charge in [0.1, 0.15) is 12.4 Å². The molecule has 1 atom stereocenters. The number of methoxy groups -OCH3 is 1. The average Bonchev–Trinajstić information content (AvgIpc) is 3.30. The summed E-state index contributed by atoms with van der Waals surface area (Å²) in [6, 6.07) is 15.3. The number of carbonyl (C=O) groups is 1. The Morgan fingerprint density at radius 1 is 1.09 bits per heavy atom. The molecule has 0 unspecified atom stereocenters. The molecule has 0 N–H and O–H groups in total. The van der Waals surface area contributed by atoms with Crippen molar-refractivity contribution in [2.75, 3.05) is 13.7 Å². The van der Waals surface area contributed by atoms with Crippen molar-refractivity contribution in [1.29, 1.82) is 0 Å². The van der Waals surface area contributed by atoms with Crippen LogP contribution in [0.25, 0.3) is 6.08 Å². The van der Waals surface area contributed by atoms with Gasteiger partial charge in [-0.15, -0.1) is 0 Å². The number of allylic oxidation sites excluding steroid dienone is 1. The average molecular weight is 747 g/mol. The number of ether oxygens (including phenoxy) is 4. The molecule has 0 fully saturated rings. The summed E-state index contributed by atoms with van der Waals surface area (Å²) in [4.78, 5) is 32.7. The van der Waals surface area contributed by atoms with Crippen LogP contribution in [0.1, 0.15) is 50.4 Å². The highest BCUT2D eigenvalue weighted by atomic mass is 79.9. The number of esters is 1. The molecule has 0 amide bonds. The predicted octanol–water partition coefficient (Wildman–Crippen LogP) is 7.24. The highest BCUT2D eigenvalue weighted by Crippen LogP contribution is 2.36. The summed E-state index contributed by atoms with van der Waals surface area (Å²) in [6.45, 7) is 7.68. The summed E-state index contributed by atoms with van der Waals surface area (Å²) in [7, 11) is 1.55. The smallest absolute Gasteiger partial charge is 0.338 e. The van der Waals surface area contributed by atoms with E-state index in [1.54, 1.807) is 57.4 Å². The van der Waals surface area contributed by atoms with Gasteiger partial charge in [-0.3, -0.25) is 9.36 Å². The van der Waals surface area contributed by atoms with Crippen molar-refractivity contribution in [2.45, 2.75) is 46.4 Å². The SMILES string of the molecule is CCOC(=O)C1=C(C)N=c2s/c(=C\c3cc(Br)ccc3OCc3ccc(Cl)cc3Cl)c(=O)n2[C@H]1c1ccc(OC(C)C)c(OC)c1. The number of benzene rings is 3. The lowest BCUT2D eigenvalue weighted by Gasteiger charge is -2.25. The van der Waals surface area contributed by atoms with E-state index in [0.29, 0.717) is 53.5 Å². The molecule has 0 aliphatic carbocycles. The maximum atomic E-state index is 14.2. The zero-order chi connectivity index (χ0) is 33.1. The van der Waals surface area contributed by atoms with Gasteiger partial charge < -0.3 is 18.9 Å². The van der Waals surface area contributed by atoms with E-state index in [9.17, 15) is 9.59 Å². The monoisotopic (exact) mass is 744 g/mol. The molecule has 0 saturated carbocycles. The topological polar surface area (TPSA) is 88.4 Å². The molecule has 1 aliphatic rings. The van der Waals surface area contributed by atoms with Gasteiger partial charge in [0.25, 0.3) is 5.56 Å². The van der Waals surface area contributed by atoms with Gasteiger partial charge in [0.05, 0.1) is 41.7 Å². The Hall–Kier alpha value is -3.57. The first kappa shape index (κ1) is 33.8.